The molecule has 0 saturated heterocycles. The van der Waals surface area contributed by atoms with Crippen LogP contribution in [0, 0.1) is 5.41 Å². The molecule has 2 rings (SSSR count). The SMILES string of the molecule is CCC(C)(CNC(=O)C1(c2ccc(Cl)cc2)CC1)C(=O)O. The Morgan fingerprint density at radius 2 is 1.90 bits per heavy atom. The molecule has 0 aliphatic heterocycles. The fourth-order valence-electron chi connectivity index (χ4n) is 2.34. The fraction of sp³-hybridized carbons (Fsp3) is 0.500. The lowest BCUT2D eigenvalue weighted by molar-refractivity contribution is -0.148. The third-order valence-electron chi connectivity index (χ3n) is 4.52. The summed E-state index contributed by atoms with van der Waals surface area (Å²) in [5.74, 6) is -0.979. The van der Waals surface area contributed by atoms with Gasteiger partial charge in [0.25, 0.3) is 0 Å². The van der Waals surface area contributed by atoms with Crippen molar-refractivity contribution in [3.63, 3.8) is 0 Å². The Labute approximate surface area is 129 Å². The summed E-state index contributed by atoms with van der Waals surface area (Å²) in [5.41, 5.74) is -0.485. The van der Waals surface area contributed by atoms with Crippen molar-refractivity contribution in [1.82, 2.24) is 5.32 Å². The second kappa shape index (κ2) is 5.68. The molecule has 4 nitrogen and oxygen atoms in total. The predicted octanol–water partition coefficient (Wildman–Crippen LogP) is 2.99. The quantitative estimate of drug-likeness (QED) is 0.849. The van der Waals surface area contributed by atoms with Crippen molar-refractivity contribution >= 4 is 23.5 Å². The van der Waals surface area contributed by atoms with Crippen LogP contribution in [0.15, 0.2) is 24.3 Å². The van der Waals surface area contributed by atoms with Crippen molar-refractivity contribution < 1.29 is 14.7 Å². The van der Waals surface area contributed by atoms with Gasteiger partial charge in [-0.1, -0.05) is 30.7 Å². The van der Waals surface area contributed by atoms with Gasteiger partial charge in [-0.15, -0.1) is 0 Å². The molecule has 0 radical (unpaired) electrons. The average molecular weight is 310 g/mol. The normalized spacial score (nSPS) is 18.6. The Balaban J connectivity index is 2.07. The summed E-state index contributed by atoms with van der Waals surface area (Å²) < 4.78 is 0. The molecule has 1 aromatic carbocycles. The Morgan fingerprint density at radius 3 is 2.33 bits per heavy atom. The van der Waals surface area contributed by atoms with Gasteiger partial charge < -0.3 is 10.4 Å². The van der Waals surface area contributed by atoms with Crippen LogP contribution >= 0.6 is 11.6 Å². The van der Waals surface area contributed by atoms with E-state index in [2.05, 4.69) is 5.32 Å². The van der Waals surface area contributed by atoms with E-state index in [9.17, 15) is 14.7 Å². The van der Waals surface area contributed by atoms with Gasteiger partial charge >= 0.3 is 5.97 Å². The summed E-state index contributed by atoms with van der Waals surface area (Å²) in [6.07, 6.45) is 2.04. The van der Waals surface area contributed by atoms with Gasteiger partial charge in [0.05, 0.1) is 10.8 Å². The van der Waals surface area contributed by atoms with Gasteiger partial charge in [0.2, 0.25) is 5.91 Å². The van der Waals surface area contributed by atoms with E-state index in [0.29, 0.717) is 11.4 Å². The largest absolute Gasteiger partial charge is 0.481 e. The van der Waals surface area contributed by atoms with Crippen LogP contribution in [0.2, 0.25) is 5.02 Å². The number of carboxylic acids is 1. The molecule has 1 unspecified atom stereocenters. The van der Waals surface area contributed by atoms with Crippen molar-refractivity contribution in [2.24, 2.45) is 5.41 Å². The number of carbonyl (C=O) groups is 2. The van der Waals surface area contributed by atoms with Gasteiger partial charge in [0, 0.05) is 11.6 Å². The first kappa shape index (κ1) is 15.8. The maximum atomic E-state index is 12.5. The zero-order valence-corrected chi connectivity index (χ0v) is 13.0. The van der Waals surface area contributed by atoms with Crippen LogP contribution < -0.4 is 5.32 Å². The van der Waals surface area contributed by atoms with Crippen LogP contribution in [0.25, 0.3) is 0 Å². The van der Waals surface area contributed by atoms with Gasteiger partial charge in [0.15, 0.2) is 0 Å². The molecular formula is C16H20ClNO3. The van der Waals surface area contributed by atoms with E-state index >= 15 is 0 Å². The second-order valence-corrected chi connectivity index (χ2v) is 6.43. The molecule has 0 heterocycles. The van der Waals surface area contributed by atoms with E-state index < -0.39 is 16.8 Å². The van der Waals surface area contributed by atoms with Gasteiger partial charge in [0.1, 0.15) is 0 Å². The lowest BCUT2D eigenvalue weighted by Crippen LogP contribution is -2.44. The van der Waals surface area contributed by atoms with Crippen LogP contribution in [0.5, 0.6) is 0 Å². The minimum atomic E-state index is -0.925. The molecule has 0 bridgehead atoms. The highest BCUT2D eigenvalue weighted by molar-refractivity contribution is 6.30. The van der Waals surface area contributed by atoms with Crippen molar-refractivity contribution in [3.05, 3.63) is 34.9 Å². The van der Waals surface area contributed by atoms with Gasteiger partial charge in [-0.05, 0) is 43.9 Å². The molecule has 1 aliphatic rings. The first-order valence-electron chi connectivity index (χ1n) is 7.12. The van der Waals surface area contributed by atoms with Crippen LogP contribution in [0.3, 0.4) is 0 Å². The summed E-state index contributed by atoms with van der Waals surface area (Å²) in [5, 5.41) is 12.7. The fourth-order valence-corrected chi connectivity index (χ4v) is 2.46. The maximum absolute atomic E-state index is 12.5. The first-order valence-corrected chi connectivity index (χ1v) is 7.50. The van der Waals surface area contributed by atoms with Crippen molar-refractivity contribution in [2.75, 3.05) is 6.54 Å². The van der Waals surface area contributed by atoms with Gasteiger partial charge in [-0.25, -0.2) is 0 Å². The van der Waals surface area contributed by atoms with Crippen molar-refractivity contribution in [3.8, 4) is 0 Å². The van der Waals surface area contributed by atoms with Crippen molar-refractivity contribution in [1.29, 1.82) is 0 Å². The number of amides is 1. The number of halogens is 1. The van der Waals surface area contributed by atoms with Gasteiger partial charge in [-0.2, -0.15) is 0 Å². The number of benzene rings is 1. The smallest absolute Gasteiger partial charge is 0.311 e. The van der Waals surface area contributed by atoms with Gasteiger partial charge in [-0.3, -0.25) is 9.59 Å². The van der Waals surface area contributed by atoms with Crippen molar-refractivity contribution in [2.45, 2.75) is 38.5 Å². The predicted molar refractivity (Wildman–Crippen MR) is 81.4 cm³/mol. The van der Waals surface area contributed by atoms with E-state index in [1.54, 1.807) is 19.1 Å². The standard InChI is InChI=1S/C16H20ClNO3/c1-3-15(2,14(20)21)10-18-13(19)16(8-9-16)11-4-6-12(17)7-5-11/h4-7H,3,8-10H2,1-2H3,(H,18,19)(H,20,21). The third-order valence-corrected chi connectivity index (χ3v) is 4.77. The summed E-state index contributed by atoms with van der Waals surface area (Å²) in [6, 6.07) is 7.28. The Morgan fingerprint density at radius 1 is 1.33 bits per heavy atom. The summed E-state index contributed by atoms with van der Waals surface area (Å²) >= 11 is 5.87. The first-order chi connectivity index (χ1) is 9.84. The lowest BCUT2D eigenvalue weighted by Gasteiger charge is -2.25. The molecule has 5 heteroatoms. The van der Waals surface area contributed by atoms with E-state index in [4.69, 9.17) is 11.6 Å². The molecule has 0 aromatic heterocycles. The highest BCUT2D eigenvalue weighted by atomic mass is 35.5. The molecule has 1 fully saturated rings. The second-order valence-electron chi connectivity index (χ2n) is 5.99. The highest BCUT2D eigenvalue weighted by Crippen LogP contribution is 2.48. The number of rotatable bonds is 6. The number of carboxylic acid groups (broad SMARTS) is 1. The summed E-state index contributed by atoms with van der Waals surface area (Å²) in [6.45, 7) is 3.61. The van der Waals surface area contributed by atoms with E-state index in [1.807, 2.05) is 19.1 Å². The number of carbonyl (C=O) groups excluding carboxylic acids is 1. The Hall–Kier alpha value is -1.55. The Kier molecular flexibility index (Phi) is 4.28. The molecule has 21 heavy (non-hydrogen) atoms. The zero-order chi connectivity index (χ0) is 15.7. The molecule has 0 spiro atoms. The molecule has 2 N–H and O–H groups in total. The number of hydrogen-bond donors (Lipinski definition) is 2. The number of nitrogens with one attached hydrogen (secondary N) is 1. The molecule has 1 aromatic rings. The van der Waals surface area contributed by atoms with Crippen LogP contribution in [-0.2, 0) is 15.0 Å². The highest BCUT2D eigenvalue weighted by Gasteiger charge is 2.51. The Bertz CT molecular complexity index is 551. The summed E-state index contributed by atoms with van der Waals surface area (Å²) in [7, 11) is 0. The van der Waals surface area contributed by atoms with E-state index in [0.717, 1.165) is 18.4 Å². The lowest BCUT2D eigenvalue weighted by atomic mass is 9.87. The maximum Gasteiger partial charge on any atom is 0.311 e. The minimum Gasteiger partial charge on any atom is -0.481 e. The monoisotopic (exact) mass is 309 g/mol. The molecular weight excluding hydrogens is 290 g/mol. The molecule has 1 amide bonds. The molecule has 114 valence electrons. The summed E-state index contributed by atoms with van der Waals surface area (Å²) in [4.78, 5) is 23.7. The number of hydrogen-bond acceptors (Lipinski definition) is 2. The van der Waals surface area contributed by atoms with Crippen LogP contribution in [0.4, 0.5) is 0 Å². The van der Waals surface area contributed by atoms with Crippen LogP contribution in [0.1, 0.15) is 38.7 Å². The van der Waals surface area contributed by atoms with E-state index in [1.165, 1.54) is 0 Å². The third kappa shape index (κ3) is 3.05. The topological polar surface area (TPSA) is 66.4 Å². The average Bonchev–Trinajstić information content (AvgIpc) is 3.26. The minimum absolute atomic E-state index is 0.0919. The van der Waals surface area contributed by atoms with E-state index in [-0.39, 0.29) is 12.5 Å². The molecule has 1 aliphatic carbocycles. The van der Waals surface area contributed by atoms with Crippen LogP contribution in [-0.4, -0.2) is 23.5 Å². The number of aliphatic carboxylic acids is 1. The zero-order valence-electron chi connectivity index (χ0n) is 12.3. The molecule has 1 atom stereocenters. The molecule has 1 saturated carbocycles.